The average Bonchev–Trinajstić information content (AvgIpc) is 3.45. The van der Waals surface area contributed by atoms with Gasteiger partial charge in [-0.1, -0.05) is 0 Å². The highest BCUT2D eigenvalue weighted by molar-refractivity contribution is 5.80. The third-order valence-corrected chi connectivity index (χ3v) is 5.16. The molecular formula is C19H35N7O2. The summed E-state index contributed by atoms with van der Waals surface area (Å²) in [5.41, 5.74) is 0. The number of fused-ring (bicyclic) bond motifs is 1. The molecule has 1 unspecified atom stereocenters. The predicted molar refractivity (Wildman–Crippen MR) is 108 cm³/mol. The molecule has 158 valence electrons. The van der Waals surface area contributed by atoms with Crippen molar-refractivity contribution in [2.24, 2.45) is 4.99 Å². The summed E-state index contributed by atoms with van der Waals surface area (Å²) in [6, 6.07) is 1.03. The molecule has 0 aromatic carbocycles. The van der Waals surface area contributed by atoms with Gasteiger partial charge in [0.25, 0.3) is 0 Å². The molecule has 1 saturated carbocycles. The van der Waals surface area contributed by atoms with Crippen LogP contribution in [0.1, 0.15) is 37.8 Å². The second kappa shape index (κ2) is 10.7. The van der Waals surface area contributed by atoms with E-state index in [1.165, 1.54) is 12.8 Å². The standard InChI is InChI=1S/C19H35N7O2/c1-4-20-19(21-9-10-25(11-12-27-2)16-6-7-16)22-15-5-8-18-23-17(14-28-3)24-26(18)13-15/h15-16H,4-14H2,1-3H3,(H2,20,21,22). The summed E-state index contributed by atoms with van der Waals surface area (Å²) < 4.78 is 12.4. The number of methoxy groups -OCH3 is 2. The van der Waals surface area contributed by atoms with E-state index in [-0.39, 0.29) is 0 Å². The second-order valence-corrected chi connectivity index (χ2v) is 7.46. The third-order valence-electron chi connectivity index (χ3n) is 5.16. The Morgan fingerprint density at radius 1 is 1.25 bits per heavy atom. The Bertz CT molecular complexity index is 630. The van der Waals surface area contributed by atoms with Gasteiger partial charge in [0, 0.05) is 52.4 Å². The summed E-state index contributed by atoms with van der Waals surface area (Å²) in [7, 11) is 3.43. The van der Waals surface area contributed by atoms with E-state index in [0.717, 1.165) is 75.8 Å². The minimum Gasteiger partial charge on any atom is -0.383 e. The topological polar surface area (TPSA) is 88.8 Å². The Morgan fingerprint density at radius 2 is 2.11 bits per heavy atom. The van der Waals surface area contributed by atoms with E-state index in [4.69, 9.17) is 14.5 Å². The van der Waals surface area contributed by atoms with Crippen molar-refractivity contribution in [1.29, 1.82) is 0 Å². The summed E-state index contributed by atoms with van der Waals surface area (Å²) in [6.07, 6.45) is 4.55. The van der Waals surface area contributed by atoms with Gasteiger partial charge in [-0.05, 0) is 26.2 Å². The smallest absolute Gasteiger partial charge is 0.191 e. The van der Waals surface area contributed by atoms with Crippen molar-refractivity contribution < 1.29 is 9.47 Å². The van der Waals surface area contributed by atoms with Crippen molar-refractivity contribution in [2.75, 3.05) is 47.0 Å². The highest BCUT2D eigenvalue weighted by Crippen LogP contribution is 2.26. The summed E-state index contributed by atoms with van der Waals surface area (Å²) in [4.78, 5) is 11.8. The minimum atomic E-state index is 0.301. The highest BCUT2D eigenvalue weighted by atomic mass is 16.5. The average molecular weight is 394 g/mol. The van der Waals surface area contributed by atoms with Gasteiger partial charge >= 0.3 is 0 Å². The van der Waals surface area contributed by atoms with Crippen LogP contribution in [0, 0.1) is 0 Å². The molecule has 3 rings (SSSR count). The molecule has 9 nitrogen and oxygen atoms in total. The summed E-state index contributed by atoms with van der Waals surface area (Å²) in [5, 5.41) is 11.5. The molecule has 1 aliphatic heterocycles. The monoisotopic (exact) mass is 393 g/mol. The lowest BCUT2D eigenvalue weighted by Crippen LogP contribution is -2.47. The van der Waals surface area contributed by atoms with Crippen molar-refractivity contribution in [3.05, 3.63) is 11.6 Å². The molecule has 0 bridgehead atoms. The number of aryl methyl sites for hydroxylation is 1. The molecule has 0 radical (unpaired) electrons. The zero-order valence-corrected chi connectivity index (χ0v) is 17.5. The van der Waals surface area contributed by atoms with Crippen LogP contribution in [0.2, 0.25) is 0 Å². The number of nitrogens with one attached hydrogen (secondary N) is 2. The Balaban J connectivity index is 1.51. The Morgan fingerprint density at radius 3 is 2.82 bits per heavy atom. The predicted octanol–water partition coefficient (Wildman–Crippen LogP) is 0.405. The molecular weight excluding hydrogens is 358 g/mol. The zero-order chi connectivity index (χ0) is 19.8. The number of nitrogens with zero attached hydrogens (tertiary/aromatic N) is 5. The van der Waals surface area contributed by atoms with Gasteiger partial charge in [0.05, 0.1) is 19.7 Å². The second-order valence-electron chi connectivity index (χ2n) is 7.46. The van der Waals surface area contributed by atoms with E-state index < -0.39 is 0 Å². The first-order valence-electron chi connectivity index (χ1n) is 10.4. The molecule has 1 fully saturated rings. The maximum atomic E-state index is 5.24. The Hall–Kier alpha value is -1.71. The molecule has 28 heavy (non-hydrogen) atoms. The fraction of sp³-hybridized carbons (Fsp3) is 0.842. The van der Waals surface area contributed by atoms with Gasteiger partial charge < -0.3 is 20.1 Å². The number of rotatable bonds is 11. The molecule has 1 atom stereocenters. The summed E-state index contributed by atoms with van der Waals surface area (Å²) >= 11 is 0. The number of hydrogen-bond donors (Lipinski definition) is 2. The zero-order valence-electron chi connectivity index (χ0n) is 17.5. The van der Waals surface area contributed by atoms with E-state index in [9.17, 15) is 0 Å². The number of ether oxygens (including phenoxy) is 2. The summed E-state index contributed by atoms with van der Waals surface area (Å²) in [6.45, 7) is 7.74. The van der Waals surface area contributed by atoms with E-state index >= 15 is 0 Å². The van der Waals surface area contributed by atoms with Gasteiger partial charge in [-0.3, -0.25) is 9.89 Å². The first-order chi connectivity index (χ1) is 13.7. The number of aromatic nitrogens is 3. The lowest BCUT2D eigenvalue weighted by molar-refractivity contribution is 0.145. The number of aliphatic imine (C=N–C) groups is 1. The number of guanidine groups is 1. The molecule has 0 amide bonds. The van der Waals surface area contributed by atoms with E-state index in [0.29, 0.717) is 12.6 Å². The lowest BCUT2D eigenvalue weighted by atomic mass is 10.1. The summed E-state index contributed by atoms with van der Waals surface area (Å²) in [5.74, 6) is 2.69. The van der Waals surface area contributed by atoms with E-state index in [1.807, 2.05) is 4.68 Å². The maximum absolute atomic E-state index is 5.24. The van der Waals surface area contributed by atoms with Crippen LogP contribution in [-0.2, 0) is 29.0 Å². The SMILES string of the molecule is CCNC(=NCCN(CCOC)C1CC1)NC1CCc2nc(COC)nn2C1. The van der Waals surface area contributed by atoms with Crippen LogP contribution in [-0.4, -0.2) is 84.7 Å². The third kappa shape index (κ3) is 6.15. The Kier molecular flexibility index (Phi) is 8.05. The van der Waals surface area contributed by atoms with E-state index in [2.05, 4.69) is 32.5 Å². The highest BCUT2D eigenvalue weighted by Gasteiger charge is 2.28. The molecule has 1 aromatic heterocycles. The van der Waals surface area contributed by atoms with Crippen molar-refractivity contribution in [2.45, 2.75) is 57.8 Å². The molecule has 1 aliphatic carbocycles. The molecule has 2 heterocycles. The van der Waals surface area contributed by atoms with Crippen LogP contribution in [0.5, 0.6) is 0 Å². The first-order valence-corrected chi connectivity index (χ1v) is 10.4. The normalized spacial score (nSPS) is 19.7. The van der Waals surface area contributed by atoms with Crippen LogP contribution in [0.3, 0.4) is 0 Å². The first kappa shape index (κ1) is 21.0. The molecule has 2 aliphatic rings. The van der Waals surface area contributed by atoms with Crippen LogP contribution < -0.4 is 10.6 Å². The van der Waals surface area contributed by atoms with Gasteiger partial charge in [-0.2, -0.15) is 5.10 Å². The van der Waals surface area contributed by atoms with Crippen LogP contribution in [0.25, 0.3) is 0 Å². The van der Waals surface area contributed by atoms with Gasteiger partial charge in [-0.15, -0.1) is 0 Å². The fourth-order valence-corrected chi connectivity index (χ4v) is 3.60. The molecule has 2 N–H and O–H groups in total. The van der Waals surface area contributed by atoms with Crippen molar-refractivity contribution in [3.63, 3.8) is 0 Å². The van der Waals surface area contributed by atoms with Crippen molar-refractivity contribution >= 4 is 5.96 Å². The van der Waals surface area contributed by atoms with Gasteiger partial charge in [0.15, 0.2) is 11.8 Å². The maximum Gasteiger partial charge on any atom is 0.191 e. The molecule has 0 saturated heterocycles. The van der Waals surface area contributed by atoms with Crippen LogP contribution >= 0.6 is 0 Å². The quantitative estimate of drug-likeness (QED) is 0.416. The largest absolute Gasteiger partial charge is 0.383 e. The van der Waals surface area contributed by atoms with Gasteiger partial charge in [0.1, 0.15) is 12.4 Å². The van der Waals surface area contributed by atoms with Gasteiger partial charge in [0.2, 0.25) is 0 Å². The lowest BCUT2D eigenvalue weighted by Gasteiger charge is -2.26. The van der Waals surface area contributed by atoms with Crippen molar-refractivity contribution in [3.8, 4) is 0 Å². The molecule has 0 spiro atoms. The van der Waals surface area contributed by atoms with Crippen LogP contribution in [0.4, 0.5) is 0 Å². The molecule has 9 heteroatoms. The Labute approximate surface area is 167 Å². The van der Waals surface area contributed by atoms with Crippen LogP contribution in [0.15, 0.2) is 4.99 Å². The van der Waals surface area contributed by atoms with Crippen molar-refractivity contribution in [1.82, 2.24) is 30.3 Å². The van der Waals surface area contributed by atoms with Gasteiger partial charge in [-0.25, -0.2) is 9.67 Å². The number of hydrogen-bond acceptors (Lipinski definition) is 6. The fourth-order valence-electron chi connectivity index (χ4n) is 3.60. The molecule has 1 aromatic rings. The minimum absolute atomic E-state index is 0.301. The van der Waals surface area contributed by atoms with E-state index in [1.54, 1.807) is 14.2 Å².